The highest BCUT2D eigenvalue weighted by Crippen LogP contribution is 2.57. The van der Waals surface area contributed by atoms with Crippen molar-refractivity contribution in [2.24, 2.45) is 4.99 Å². The summed E-state index contributed by atoms with van der Waals surface area (Å²) in [4.78, 5) is 39.9. The quantitative estimate of drug-likeness (QED) is 0.231. The summed E-state index contributed by atoms with van der Waals surface area (Å²) in [7, 11) is 0. The summed E-state index contributed by atoms with van der Waals surface area (Å²) < 4.78 is 22.6. The van der Waals surface area contributed by atoms with E-state index >= 15 is 0 Å². The lowest BCUT2D eigenvalue weighted by Crippen LogP contribution is -2.33. The fourth-order valence-corrected chi connectivity index (χ4v) is 4.36. The minimum Gasteiger partial charge on any atom is -0.456 e. The van der Waals surface area contributed by atoms with Crippen molar-refractivity contribution in [3.8, 4) is 23.0 Å². The highest BCUT2D eigenvalue weighted by Gasteiger charge is 2.53. The van der Waals surface area contributed by atoms with Gasteiger partial charge in [0.25, 0.3) is 0 Å². The van der Waals surface area contributed by atoms with Gasteiger partial charge in [0.2, 0.25) is 0 Å². The molecule has 0 saturated heterocycles. The van der Waals surface area contributed by atoms with Gasteiger partial charge in [-0.1, -0.05) is 6.07 Å². The summed E-state index contributed by atoms with van der Waals surface area (Å²) in [5, 5.41) is 2.29. The lowest BCUT2D eigenvalue weighted by Gasteiger charge is -2.36. The van der Waals surface area contributed by atoms with Crippen LogP contribution in [0.15, 0.2) is 59.6 Å². The van der Waals surface area contributed by atoms with E-state index in [4.69, 9.17) is 18.9 Å². The number of esters is 3. The van der Waals surface area contributed by atoms with E-state index in [-0.39, 0.29) is 11.5 Å². The molecule has 5 rings (SSSR count). The zero-order valence-electron chi connectivity index (χ0n) is 17.9. The molecule has 3 aromatic carbocycles. The van der Waals surface area contributed by atoms with Crippen LogP contribution >= 0.6 is 12.2 Å². The Balaban J connectivity index is 1.77. The van der Waals surface area contributed by atoms with Crippen molar-refractivity contribution < 1.29 is 33.3 Å². The number of carbonyl (C=O) groups excluding carboxylic acids is 3. The Hall–Kier alpha value is -4.33. The molecule has 0 fully saturated rings. The molecule has 3 aromatic rings. The number of thiocarbonyl (C=S) groups is 1. The Labute approximate surface area is 198 Å². The van der Waals surface area contributed by atoms with Gasteiger partial charge in [-0.05, 0) is 48.6 Å². The summed E-state index contributed by atoms with van der Waals surface area (Å²) in [5.74, 6) is -0.393. The van der Waals surface area contributed by atoms with Gasteiger partial charge in [0.1, 0.15) is 23.0 Å². The number of carbonyl (C=O) groups is 3. The number of nitrogens with zero attached hydrogens (tertiary/aromatic N) is 1. The summed E-state index contributed by atoms with van der Waals surface area (Å²) in [6, 6.07) is 14.7. The molecule has 9 heteroatoms. The van der Waals surface area contributed by atoms with E-state index in [1.165, 1.54) is 26.0 Å². The first-order valence-corrected chi connectivity index (χ1v) is 10.5. The van der Waals surface area contributed by atoms with E-state index in [0.29, 0.717) is 39.4 Å². The van der Waals surface area contributed by atoms with Crippen molar-refractivity contribution in [2.75, 3.05) is 0 Å². The lowest BCUT2D eigenvalue weighted by atomic mass is 9.77. The summed E-state index contributed by atoms with van der Waals surface area (Å²) in [6.45, 7) is 2.58. The Morgan fingerprint density at radius 3 is 1.97 bits per heavy atom. The van der Waals surface area contributed by atoms with E-state index in [0.717, 1.165) is 0 Å². The highest BCUT2D eigenvalue weighted by atomic mass is 32.1. The second kappa shape index (κ2) is 7.91. The van der Waals surface area contributed by atoms with Gasteiger partial charge in [-0.2, -0.15) is 4.99 Å². The third-order valence-electron chi connectivity index (χ3n) is 5.43. The number of rotatable bonds is 3. The average Bonchev–Trinajstić information content (AvgIpc) is 3.05. The molecule has 168 valence electrons. The van der Waals surface area contributed by atoms with E-state index in [9.17, 15) is 14.4 Å². The van der Waals surface area contributed by atoms with Crippen LogP contribution in [0.1, 0.15) is 40.9 Å². The first kappa shape index (κ1) is 21.5. The molecule has 0 saturated carbocycles. The lowest BCUT2D eigenvalue weighted by molar-refractivity contribution is -0.132. The SMILES string of the molecule is CC(=O)Oc1ccc2c(c1)Oc1cc(OC(C)=O)ccc1C21OC(=O)c2cc(N=C=S)ccc21. The molecule has 0 unspecified atom stereocenters. The van der Waals surface area contributed by atoms with E-state index in [2.05, 4.69) is 22.4 Å². The zero-order chi connectivity index (χ0) is 24.0. The van der Waals surface area contributed by atoms with Gasteiger partial charge in [0.15, 0.2) is 5.60 Å². The number of isothiocyanates is 1. The zero-order valence-corrected chi connectivity index (χ0v) is 18.7. The number of hydrogen-bond acceptors (Lipinski definition) is 9. The monoisotopic (exact) mass is 473 g/mol. The smallest absolute Gasteiger partial charge is 0.340 e. The second-order valence-corrected chi connectivity index (χ2v) is 7.79. The van der Waals surface area contributed by atoms with Crippen molar-refractivity contribution in [3.05, 3.63) is 76.9 Å². The normalized spacial score (nSPS) is 14.0. The molecule has 8 nitrogen and oxygen atoms in total. The molecule has 1 spiro atoms. The van der Waals surface area contributed by atoms with Gasteiger partial charge in [0.05, 0.1) is 16.4 Å². The van der Waals surface area contributed by atoms with Crippen LogP contribution in [-0.4, -0.2) is 23.1 Å². The van der Waals surface area contributed by atoms with Gasteiger partial charge in [-0.3, -0.25) is 9.59 Å². The van der Waals surface area contributed by atoms with Crippen LogP contribution < -0.4 is 14.2 Å². The van der Waals surface area contributed by atoms with Crippen LogP contribution in [0.2, 0.25) is 0 Å². The topological polar surface area (TPSA) is 100 Å². The third kappa shape index (κ3) is 3.35. The van der Waals surface area contributed by atoms with Crippen molar-refractivity contribution in [1.82, 2.24) is 0 Å². The molecule has 0 amide bonds. The van der Waals surface area contributed by atoms with Gasteiger partial charge < -0.3 is 18.9 Å². The highest BCUT2D eigenvalue weighted by molar-refractivity contribution is 7.78. The third-order valence-corrected chi connectivity index (χ3v) is 5.52. The van der Waals surface area contributed by atoms with Crippen LogP contribution in [-0.2, 0) is 19.9 Å². The summed E-state index contributed by atoms with van der Waals surface area (Å²) in [5.41, 5.74) is 1.08. The number of aliphatic imine (C=N–C) groups is 1. The largest absolute Gasteiger partial charge is 0.456 e. The standard InChI is InChI=1S/C25H15NO7S/c1-13(27)30-16-4-7-20-22(10-16)32-23-11-17(31-14(2)28)5-8-21(23)25(20)19-6-3-15(26-12-34)9-18(19)24(29)33-25/h3-11H,1-2H3. The van der Waals surface area contributed by atoms with Crippen molar-refractivity contribution in [2.45, 2.75) is 19.4 Å². The van der Waals surface area contributed by atoms with Crippen LogP contribution in [0.5, 0.6) is 23.0 Å². The predicted molar refractivity (Wildman–Crippen MR) is 122 cm³/mol. The van der Waals surface area contributed by atoms with Crippen LogP contribution in [0.3, 0.4) is 0 Å². The first-order chi connectivity index (χ1) is 16.3. The number of hydrogen-bond donors (Lipinski definition) is 0. The van der Waals surface area contributed by atoms with Crippen molar-refractivity contribution >= 4 is 41.0 Å². The fourth-order valence-electron chi connectivity index (χ4n) is 4.26. The average molecular weight is 473 g/mol. The Bertz CT molecular complexity index is 1390. The molecule has 0 aliphatic carbocycles. The molecule has 0 atom stereocenters. The maximum atomic E-state index is 13.1. The van der Waals surface area contributed by atoms with Crippen LogP contribution in [0, 0.1) is 0 Å². The van der Waals surface area contributed by atoms with Gasteiger partial charge in [-0.15, -0.1) is 0 Å². The summed E-state index contributed by atoms with van der Waals surface area (Å²) in [6.07, 6.45) is 0. The molecular weight excluding hydrogens is 458 g/mol. The molecule has 0 bridgehead atoms. The summed E-state index contributed by atoms with van der Waals surface area (Å²) >= 11 is 4.68. The van der Waals surface area contributed by atoms with E-state index in [1.807, 2.05) is 0 Å². The number of ether oxygens (including phenoxy) is 4. The first-order valence-electron chi connectivity index (χ1n) is 10.1. The molecular formula is C25H15NO7S. The number of fused-ring (bicyclic) bond motifs is 6. The molecule has 0 N–H and O–H groups in total. The molecule has 34 heavy (non-hydrogen) atoms. The van der Waals surface area contributed by atoms with E-state index in [1.54, 1.807) is 42.5 Å². The minimum absolute atomic E-state index is 0.260. The van der Waals surface area contributed by atoms with Crippen molar-refractivity contribution in [3.63, 3.8) is 0 Å². The fraction of sp³-hybridized carbons (Fsp3) is 0.120. The maximum Gasteiger partial charge on any atom is 0.340 e. The Morgan fingerprint density at radius 1 is 0.882 bits per heavy atom. The van der Waals surface area contributed by atoms with Crippen LogP contribution in [0.4, 0.5) is 5.69 Å². The molecule has 0 aromatic heterocycles. The number of benzene rings is 3. The molecule has 2 aliphatic rings. The second-order valence-electron chi connectivity index (χ2n) is 7.61. The van der Waals surface area contributed by atoms with Crippen molar-refractivity contribution in [1.29, 1.82) is 0 Å². The molecule has 0 radical (unpaired) electrons. The predicted octanol–water partition coefficient (Wildman–Crippen LogP) is 4.84. The van der Waals surface area contributed by atoms with Gasteiger partial charge >= 0.3 is 17.9 Å². The van der Waals surface area contributed by atoms with Crippen LogP contribution in [0.25, 0.3) is 0 Å². The van der Waals surface area contributed by atoms with Gasteiger partial charge in [0, 0.05) is 42.7 Å². The van der Waals surface area contributed by atoms with E-state index < -0.39 is 23.5 Å². The molecule has 2 aliphatic heterocycles. The molecule has 2 heterocycles. The maximum absolute atomic E-state index is 13.1. The minimum atomic E-state index is -1.35. The van der Waals surface area contributed by atoms with Gasteiger partial charge in [-0.25, -0.2) is 4.79 Å². The Kier molecular flexibility index (Phi) is 5.01. The Morgan fingerprint density at radius 2 is 1.44 bits per heavy atom.